The molecule has 2 atom stereocenters. The Hall–Kier alpha value is -3.10. The van der Waals surface area contributed by atoms with Crippen molar-refractivity contribution in [2.75, 3.05) is 6.54 Å². The summed E-state index contributed by atoms with van der Waals surface area (Å²) >= 11 is 0. The van der Waals surface area contributed by atoms with Crippen molar-refractivity contribution in [1.29, 1.82) is 0 Å². The Kier molecular flexibility index (Phi) is 10.2. The summed E-state index contributed by atoms with van der Waals surface area (Å²) in [6, 6.07) is 6.79. The molecule has 0 heterocycles. The van der Waals surface area contributed by atoms with Gasteiger partial charge in [0.15, 0.2) is 0 Å². The number of carbonyl (C=O) groups excluding carboxylic acids is 4. The van der Waals surface area contributed by atoms with E-state index in [0.717, 1.165) is 0 Å². The first-order chi connectivity index (χ1) is 14.9. The molecule has 0 fully saturated rings. The van der Waals surface area contributed by atoms with Gasteiger partial charge in [0, 0.05) is 19.0 Å². The molecule has 0 saturated heterocycles. The zero-order valence-corrected chi connectivity index (χ0v) is 19.8. The maximum atomic E-state index is 13.5. The molecule has 0 aliphatic rings. The van der Waals surface area contributed by atoms with Gasteiger partial charge in [-0.15, -0.1) is 0 Å². The molecule has 0 radical (unpaired) electrons. The van der Waals surface area contributed by atoms with Gasteiger partial charge in [-0.1, -0.05) is 30.3 Å². The molecule has 0 bridgehead atoms. The van der Waals surface area contributed by atoms with Gasteiger partial charge in [0.2, 0.25) is 17.7 Å². The molecule has 0 aromatic heterocycles. The average Bonchev–Trinajstić information content (AvgIpc) is 2.67. The topological polar surface area (TPSA) is 131 Å². The van der Waals surface area contributed by atoms with Crippen molar-refractivity contribution >= 4 is 23.8 Å². The van der Waals surface area contributed by atoms with Crippen LogP contribution in [0.25, 0.3) is 0 Å². The van der Waals surface area contributed by atoms with E-state index in [9.17, 15) is 19.2 Å². The van der Waals surface area contributed by atoms with Crippen LogP contribution in [0.5, 0.6) is 0 Å². The molecule has 9 heteroatoms. The van der Waals surface area contributed by atoms with E-state index in [1.54, 1.807) is 52.0 Å². The molecule has 1 aromatic carbocycles. The van der Waals surface area contributed by atoms with E-state index in [4.69, 9.17) is 10.5 Å². The fourth-order valence-electron chi connectivity index (χ4n) is 3.13. The van der Waals surface area contributed by atoms with Crippen molar-refractivity contribution in [3.63, 3.8) is 0 Å². The Morgan fingerprint density at radius 2 is 1.66 bits per heavy atom. The standard InChI is InChI=1S/C23H36N4O5/c1-7-27(19(20(29)25-15(2)3)16-11-9-8-10-12-16)21(30)17(13-14-18(24)28)26-22(31)32-23(4,5)6/h8-12,15,17,19H,7,13-14H2,1-6H3,(H2,24,28)(H,25,29)(H,26,31). The van der Waals surface area contributed by atoms with Crippen LogP contribution in [-0.4, -0.2) is 52.9 Å². The summed E-state index contributed by atoms with van der Waals surface area (Å²) in [7, 11) is 0. The number of ether oxygens (including phenoxy) is 1. The van der Waals surface area contributed by atoms with Crippen LogP contribution >= 0.6 is 0 Å². The second-order valence-electron chi connectivity index (χ2n) is 8.80. The van der Waals surface area contributed by atoms with E-state index in [0.29, 0.717) is 5.56 Å². The average molecular weight is 449 g/mol. The van der Waals surface area contributed by atoms with Gasteiger partial charge >= 0.3 is 6.09 Å². The summed E-state index contributed by atoms with van der Waals surface area (Å²) in [5.41, 5.74) is 5.13. The first-order valence-corrected chi connectivity index (χ1v) is 10.8. The molecule has 2 unspecified atom stereocenters. The van der Waals surface area contributed by atoms with Crippen LogP contribution in [0.3, 0.4) is 0 Å². The fourth-order valence-corrected chi connectivity index (χ4v) is 3.13. The maximum absolute atomic E-state index is 13.5. The van der Waals surface area contributed by atoms with Crippen molar-refractivity contribution in [1.82, 2.24) is 15.5 Å². The number of nitrogens with one attached hydrogen (secondary N) is 2. The Labute approximate surface area is 190 Å². The lowest BCUT2D eigenvalue weighted by atomic mass is 10.0. The largest absolute Gasteiger partial charge is 0.444 e. The lowest BCUT2D eigenvalue weighted by Crippen LogP contribution is -2.53. The highest BCUT2D eigenvalue weighted by Gasteiger charge is 2.35. The molecule has 1 aromatic rings. The second kappa shape index (κ2) is 12.1. The number of alkyl carbamates (subject to hydrolysis) is 1. The molecule has 4 amide bonds. The Morgan fingerprint density at radius 1 is 1.06 bits per heavy atom. The summed E-state index contributed by atoms with van der Waals surface area (Å²) in [6.45, 7) is 10.7. The molecule has 0 aliphatic heterocycles. The van der Waals surface area contributed by atoms with Gasteiger partial charge in [-0.25, -0.2) is 4.79 Å². The first-order valence-electron chi connectivity index (χ1n) is 10.8. The lowest BCUT2D eigenvalue weighted by Gasteiger charge is -2.34. The number of rotatable bonds is 10. The maximum Gasteiger partial charge on any atom is 0.408 e. The van der Waals surface area contributed by atoms with Gasteiger partial charge in [-0.3, -0.25) is 14.4 Å². The fraction of sp³-hybridized carbons (Fsp3) is 0.565. The SMILES string of the molecule is CCN(C(=O)C(CCC(N)=O)NC(=O)OC(C)(C)C)C(C(=O)NC(C)C)c1ccccc1. The smallest absolute Gasteiger partial charge is 0.408 e. The van der Waals surface area contributed by atoms with E-state index in [1.807, 2.05) is 19.9 Å². The molecule has 4 N–H and O–H groups in total. The van der Waals surface area contributed by atoms with Crippen LogP contribution in [-0.2, 0) is 19.1 Å². The van der Waals surface area contributed by atoms with Crippen molar-refractivity contribution in [2.24, 2.45) is 5.73 Å². The third-order valence-electron chi connectivity index (χ3n) is 4.40. The normalized spacial score (nSPS) is 13.1. The van der Waals surface area contributed by atoms with Crippen molar-refractivity contribution < 1.29 is 23.9 Å². The minimum atomic E-state index is -1.09. The number of nitrogens with zero attached hydrogens (tertiary/aromatic N) is 1. The molecule has 0 spiro atoms. The van der Waals surface area contributed by atoms with Crippen molar-refractivity contribution in [3.8, 4) is 0 Å². The van der Waals surface area contributed by atoms with Crippen molar-refractivity contribution in [3.05, 3.63) is 35.9 Å². The third-order valence-corrected chi connectivity index (χ3v) is 4.40. The highest BCUT2D eigenvalue weighted by atomic mass is 16.6. The summed E-state index contributed by atoms with van der Waals surface area (Å²) in [5, 5.41) is 5.39. The predicted octanol–water partition coefficient (Wildman–Crippen LogP) is 2.26. The minimum absolute atomic E-state index is 0.0166. The molecule has 178 valence electrons. The van der Waals surface area contributed by atoms with E-state index >= 15 is 0 Å². The Balaban J connectivity index is 3.28. The minimum Gasteiger partial charge on any atom is -0.444 e. The van der Waals surface area contributed by atoms with Gasteiger partial charge in [-0.05, 0) is 53.5 Å². The summed E-state index contributed by atoms with van der Waals surface area (Å²) in [4.78, 5) is 51.7. The quantitative estimate of drug-likeness (QED) is 0.505. The monoisotopic (exact) mass is 448 g/mol. The number of hydrogen-bond acceptors (Lipinski definition) is 5. The van der Waals surface area contributed by atoms with Crippen LogP contribution in [0.2, 0.25) is 0 Å². The number of nitrogens with two attached hydrogens (primary N) is 1. The Bertz CT molecular complexity index is 789. The number of primary amides is 1. The third kappa shape index (κ3) is 8.95. The van der Waals surface area contributed by atoms with Crippen molar-refractivity contribution in [2.45, 2.75) is 78.1 Å². The van der Waals surface area contributed by atoms with Crippen LogP contribution < -0.4 is 16.4 Å². The number of amides is 4. The molecule has 9 nitrogen and oxygen atoms in total. The number of benzene rings is 1. The summed E-state index contributed by atoms with van der Waals surface area (Å²) in [6.07, 6.45) is -0.922. The molecular weight excluding hydrogens is 412 g/mol. The molecule has 0 saturated carbocycles. The number of likely N-dealkylation sites (N-methyl/N-ethyl adjacent to an activating group) is 1. The number of hydrogen-bond donors (Lipinski definition) is 3. The van der Waals surface area contributed by atoms with Crippen LogP contribution in [0, 0.1) is 0 Å². The van der Waals surface area contributed by atoms with E-state index in [2.05, 4.69) is 10.6 Å². The van der Waals surface area contributed by atoms with E-state index in [-0.39, 0.29) is 31.3 Å². The van der Waals surface area contributed by atoms with E-state index < -0.39 is 35.6 Å². The first kappa shape index (κ1) is 26.9. The zero-order chi connectivity index (χ0) is 24.5. The Morgan fingerprint density at radius 3 is 2.12 bits per heavy atom. The van der Waals surface area contributed by atoms with Gasteiger partial charge in [0.1, 0.15) is 17.7 Å². The zero-order valence-electron chi connectivity index (χ0n) is 19.8. The van der Waals surface area contributed by atoms with Crippen LogP contribution in [0.4, 0.5) is 4.79 Å². The molecule has 32 heavy (non-hydrogen) atoms. The molecule has 1 rings (SSSR count). The second-order valence-corrected chi connectivity index (χ2v) is 8.80. The van der Waals surface area contributed by atoms with E-state index in [1.165, 1.54) is 4.90 Å². The van der Waals surface area contributed by atoms with Crippen LogP contribution in [0.15, 0.2) is 30.3 Å². The highest BCUT2D eigenvalue weighted by Crippen LogP contribution is 2.23. The summed E-state index contributed by atoms with van der Waals surface area (Å²) in [5.74, 6) is -1.45. The van der Waals surface area contributed by atoms with Gasteiger partial charge in [0.25, 0.3) is 0 Å². The van der Waals surface area contributed by atoms with Gasteiger partial charge in [-0.2, -0.15) is 0 Å². The lowest BCUT2D eigenvalue weighted by molar-refractivity contribution is -0.142. The van der Waals surface area contributed by atoms with Crippen LogP contribution in [0.1, 0.15) is 66.0 Å². The van der Waals surface area contributed by atoms with Gasteiger partial charge < -0.3 is 26.0 Å². The van der Waals surface area contributed by atoms with Gasteiger partial charge in [0.05, 0.1) is 0 Å². The molecule has 0 aliphatic carbocycles. The number of carbonyl (C=O) groups is 4. The summed E-state index contributed by atoms with van der Waals surface area (Å²) < 4.78 is 5.27. The molecular formula is C23H36N4O5. The predicted molar refractivity (Wildman–Crippen MR) is 121 cm³/mol. The highest BCUT2D eigenvalue weighted by molar-refractivity contribution is 5.92.